The molecular weight excluding hydrogens is 271 g/mol. The van der Waals surface area contributed by atoms with E-state index < -0.39 is 0 Å². The normalized spacial score (nSPS) is 14.2. The number of hydrogen-bond donors (Lipinski definition) is 1. The molecule has 0 bridgehead atoms. The van der Waals surface area contributed by atoms with Crippen molar-refractivity contribution in [3.8, 4) is 0 Å². The molecule has 0 aliphatic carbocycles. The zero-order valence-electron chi connectivity index (χ0n) is 8.88. The highest BCUT2D eigenvalue weighted by atomic mass is 35.5. The molecular formula is C9H14Cl2N2S2. The Balaban J connectivity index is 2.57. The zero-order valence-corrected chi connectivity index (χ0v) is 12.0. The van der Waals surface area contributed by atoms with Crippen molar-refractivity contribution in [2.24, 2.45) is 0 Å². The van der Waals surface area contributed by atoms with E-state index in [9.17, 15) is 0 Å². The van der Waals surface area contributed by atoms with E-state index in [-0.39, 0.29) is 10.8 Å². The van der Waals surface area contributed by atoms with Crippen LogP contribution in [0.5, 0.6) is 0 Å². The third-order valence-electron chi connectivity index (χ3n) is 1.50. The lowest BCUT2D eigenvalue weighted by Gasteiger charge is -2.21. The Hall–Kier alpha value is 0.520. The molecule has 2 nitrogen and oxygen atoms in total. The van der Waals surface area contributed by atoms with Gasteiger partial charge in [0, 0.05) is 21.7 Å². The fourth-order valence-corrected chi connectivity index (χ4v) is 3.05. The summed E-state index contributed by atoms with van der Waals surface area (Å²) in [5.74, 6) is 0.515. The SMILES string of the molecule is CC(C)(C)SNC(CCl)c1cnc(Cl)s1. The van der Waals surface area contributed by atoms with Gasteiger partial charge in [0.1, 0.15) is 0 Å². The minimum atomic E-state index is 0.112. The Morgan fingerprint density at radius 3 is 2.67 bits per heavy atom. The highest BCUT2D eigenvalue weighted by molar-refractivity contribution is 7.98. The first-order valence-electron chi connectivity index (χ1n) is 4.53. The van der Waals surface area contributed by atoms with Crippen LogP contribution in [-0.4, -0.2) is 15.6 Å². The average molecular weight is 285 g/mol. The van der Waals surface area contributed by atoms with Crippen LogP contribution in [0.4, 0.5) is 0 Å². The lowest BCUT2D eigenvalue weighted by atomic mass is 10.3. The second kappa shape index (κ2) is 5.73. The Morgan fingerprint density at radius 1 is 1.60 bits per heavy atom. The topological polar surface area (TPSA) is 24.9 Å². The average Bonchev–Trinajstić information content (AvgIpc) is 2.51. The summed E-state index contributed by atoms with van der Waals surface area (Å²) in [6.45, 7) is 6.45. The Morgan fingerprint density at radius 2 is 2.27 bits per heavy atom. The van der Waals surface area contributed by atoms with Gasteiger partial charge in [-0.05, 0) is 20.8 Å². The van der Waals surface area contributed by atoms with E-state index in [4.69, 9.17) is 23.2 Å². The molecule has 1 heterocycles. The zero-order chi connectivity index (χ0) is 11.5. The molecule has 6 heteroatoms. The Kier molecular flexibility index (Phi) is 5.19. The van der Waals surface area contributed by atoms with Gasteiger partial charge in [0.2, 0.25) is 0 Å². The number of halogens is 2. The number of thiazole rings is 1. The molecule has 15 heavy (non-hydrogen) atoms. The molecule has 0 aromatic carbocycles. The summed E-state index contributed by atoms with van der Waals surface area (Å²) in [5, 5.41) is 0. The van der Waals surface area contributed by atoms with E-state index in [2.05, 4.69) is 30.5 Å². The second-order valence-electron chi connectivity index (χ2n) is 4.05. The first kappa shape index (κ1) is 13.6. The first-order chi connectivity index (χ1) is 6.92. The molecule has 1 unspecified atom stereocenters. The van der Waals surface area contributed by atoms with E-state index >= 15 is 0 Å². The van der Waals surface area contributed by atoms with Gasteiger partial charge in [0.25, 0.3) is 0 Å². The molecule has 1 aromatic rings. The standard InChI is InChI=1S/C9H14Cl2N2S2/c1-9(2,3)15-13-6(4-10)7-5-12-8(11)14-7/h5-6,13H,4H2,1-3H3. The predicted octanol–water partition coefficient (Wildman–Crippen LogP) is 4.11. The number of nitrogens with zero attached hydrogens (tertiary/aromatic N) is 1. The monoisotopic (exact) mass is 284 g/mol. The molecule has 1 N–H and O–H groups in total. The maximum atomic E-state index is 5.90. The van der Waals surface area contributed by atoms with Crippen LogP contribution in [-0.2, 0) is 0 Å². The van der Waals surface area contributed by atoms with Crippen LogP contribution in [0.2, 0.25) is 4.47 Å². The molecule has 0 saturated carbocycles. The summed E-state index contributed by atoms with van der Waals surface area (Å²) in [5.41, 5.74) is 0. The number of alkyl halides is 1. The van der Waals surface area contributed by atoms with Crippen LogP contribution in [0.25, 0.3) is 0 Å². The van der Waals surface area contributed by atoms with Crippen LogP contribution in [0.15, 0.2) is 6.20 Å². The van der Waals surface area contributed by atoms with Gasteiger partial charge in [0.05, 0.1) is 6.04 Å². The summed E-state index contributed by atoms with van der Waals surface area (Å²) in [7, 11) is 0. The smallest absolute Gasteiger partial charge is 0.183 e. The minimum absolute atomic E-state index is 0.112. The van der Waals surface area contributed by atoms with E-state index in [1.165, 1.54) is 11.3 Å². The maximum Gasteiger partial charge on any atom is 0.183 e. The van der Waals surface area contributed by atoms with Gasteiger partial charge in [-0.1, -0.05) is 23.5 Å². The molecule has 1 rings (SSSR count). The first-order valence-corrected chi connectivity index (χ1v) is 7.07. The van der Waals surface area contributed by atoms with Crippen LogP contribution in [0, 0.1) is 0 Å². The van der Waals surface area contributed by atoms with Crippen LogP contribution in [0.1, 0.15) is 31.7 Å². The molecule has 0 spiro atoms. The molecule has 86 valence electrons. The van der Waals surface area contributed by atoms with Crippen LogP contribution >= 0.6 is 46.5 Å². The molecule has 0 radical (unpaired) electrons. The predicted molar refractivity (Wildman–Crippen MR) is 71.1 cm³/mol. The van der Waals surface area contributed by atoms with Gasteiger partial charge >= 0.3 is 0 Å². The lowest BCUT2D eigenvalue weighted by molar-refractivity contribution is 0.738. The second-order valence-corrected chi connectivity index (χ2v) is 7.67. The third-order valence-corrected chi connectivity index (χ3v) is 4.05. The number of rotatable bonds is 4. The molecule has 0 aliphatic rings. The molecule has 0 amide bonds. The minimum Gasteiger partial charge on any atom is -0.254 e. The number of nitrogens with one attached hydrogen (secondary N) is 1. The lowest BCUT2D eigenvalue weighted by Crippen LogP contribution is -2.22. The van der Waals surface area contributed by atoms with Gasteiger partial charge in [-0.3, -0.25) is 4.72 Å². The van der Waals surface area contributed by atoms with Gasteiger partial charge in [0.15, 0.2) is 4.47 Å². The Bertz CT molecular complexity index is 309. The van der Waals surface area contributed by atoms with Crippen molar-refractivity contribution >= 4 is 46.5 Å². The fraction of sp³-hybridized carbons (Fsp3) is 0.667. The van der Waals surface area contributed by atoms with Crippen LogP contribution < -0.4 is 4.72 Å². The summed E-state index contributed by atoms with van der Waals surface area (Å²) in [6, 6.07) is 0.112. The van der Waals surface area contributed by atoms with E-state index in [1.54, 1.807) is 18.1 Å². The van der Waals surface area contributed by atoms with Crippen molar-refractivity contribution in [3.63, 3.8) is 0 Å². The molecule has 0 fully saturated rings. The summed E-state index contributed by atoms with van der Waals surface area (Å²) >= 11 is 14.8. The largest absolute Gasteiger partial charge is 0.254 e. The van der Waals surface area contributed by atoms with Crippen molar-refractivity contribution in [3.05, 3.63) is 15.5 Å². The molecule has 0 aliphatic heterocycles. The third kappa shape index (κ3) is 4.91. The highest BCUT2D eigenvalue weighted by Crippen LogP contribution is 2.29. The van der Waals surface area contributed by atoms with E-state index in [0.717, 1.165) is 4.88 Å². The van der Waals surface area contributed by atoms with E-state index in [0.29, 0.717) is 10.3 Å². The summed E-state index contributed by atoms with van der Waals surface area (Å²) in [4.78, 5) is 5.08. The number of hydrogen-bond acceptors (Lipinski definition) is 4. The van der Waals surface area contributed by atoms with Crippen molar-refractivity contribution in [1.29, 1.82) is 0 Å². The highest BCUT2D eigenvalue weighted by Gasteiger charge is 2.17. The molecule has 1 atom stereocenters. The van der Waals surface area contributed by atoms with Gasteiger partial charge in [-0.25, -0.2) is 4.98 Å². The van der Waals surface area contributed by atoms with E-state index in [1.807, 2.05) is 0 Å². The fourth-order valence-electron chi connectivity index (χ4n) is 0.839. The molecule has 0 saturated heterocycles. The van der Waals surface area contributed by atoms with Crippen molar-refractivity contribution < 1.29 is 0 Å². The summed E-state index contributed by atoms with van der Waals surface area (Å²) < 4.78 is 4.06. The molecule has 1 aromatic heterocycles. The van der Waals surface area contributed by atoms with Gasteiger partial charge in [-0.15, -0.1) is 22.9 Å². The van der Waals surface area contributed by atoms with Gasteiger partial charge in [-0.2, -0.15) is 0 Å². The summed E-state index contributed by atoms with van der Waals surface area (Å²) in [6.07, 6.45) is 1.77. The quantitative estimate of drug-likeness (QED) is 0.665. The number of aromatic nitrogens is 1. The van der Waals surface area contributed by atoms with Crippen molar-refractivity contribution in [2.45, 2.75) is 31.6 Å². The Labute approximate surface area is 109 Å². The van der Waals surface area contributed by atoms with Crippen molar-refractivity contribution in [1.82, 2.24) is 9.71 Å². The maximum absolute atomic E-state index is 5.90. The van der Waals surface area contributed by atoms with Gasteiger partial charge < -0.3 is 0 Å². The van der Waals surface area contributed by atoms with Crippen LogP contribution in [0.3, 0.4) is 0 Å². The van der Waals surface area contributed by atoms with Crippen molar-refractivity contribution in [2.75, 3.05) is 5.88 Å².